The summed E-state index contributed by atoms with van der Waals surface area (Å²) in [6, 6.07) is 0. The van der Waals surface area contributed by atoms with Gasteiger partial charge in [-0.05, 0) is 31.6 Å². The zero-order chi connectivity index (χ0) is 44.1. The van der Waals surface area contributed by atoms with E-state index in [1.54, 1.807) is 12.2 Å². The minimum atomic E-state index is -4.89. The lowest BCUT2D eigenvalue weighted by atomic mass is 9.88. The van der Waals surface area contributed by atoms with Crippen LogP contribution in [0.5, 0.6) is 0 Å². The third-order valence-corrected chi connectivity index (χ3v) is 11.7. The fraction of sp³-hybridized carbons (Fsp3) is 0.878. The van der Waals surface area contributed by atoms with Gasteiger partial charge in [-0.3, -0.25) is 28.0 Å². The molecule has 7 atom stereocenters. The van der Waals surface area contributed by atoms with Crippen molar-refractivity contribution >= 4 is 33.4 Å². The monoisotopic (exact) mass is 886 g/mol. The molecule has 1 rings (SSSR count). The summed E-state index contributed by atoms with van der Waals surface area (Å²) in [5.74, 6) is -1.12. The number of carbonyl (C=O) groups is 3. The molecule has 0 bridgehead atoms. The van der Waals surface area contributed by atoms with Crippen LogP contribution in [0.1, 0.15) is 162 Å². The van der Waals surface area contributed by atoms with Gasteiger partial charge in [0.2, 0.25) is 0 Å². The van der Waals surface area contributed by atoms with Crippen molar-refractivity contribution in [1.82, 2.24) is 0 Å². The fourth-order valence-corrected chi connectivity index (χ4v) is 8.00. The van der Waals surface area contributed by atoms with Crippen molar-refractivity contribution in [2.24, 2.45) is 17.8 Å². The maximum atomic E-state index is 12.8. The average molecular weight is 887 g/mol. The fourth-order valence-electron chi connectivity index (χ4n) is 6.84. The molecule has 346 valence electrons. The maximum absolute atomic E-state index is 12.8. The predicted octanol–water partition coefficient (Wildman–Crippen LogP) is 7.40. The number of unbranched alkanes of at least 4 members (excludes halogenated alkanes) is 13. The average Bonchev–Trinajstić information content (AvgIpc) is 3.43. The van der Waals surface area contributed by atoms with Gasteiger partial charge in [-0.25, -0.2) is 9.13 Å². The van der Waals surface area contributed by atoms with Gasteiger partial charge < -0.3 is 39.5 Å². The van der Waals surface area contributed by atoms with E-state index in [4.69, 9.17) is 23.8 Å². The molecule has 1 fully saturated rings. The first-order valence-electron chi connectivity index (χ1n) is 21.8. The highest BCUT2D eigenvalue weighted by atomic mass is 31.2. The van der Waals surface area contributed by atoms with Crippen molar-refractivity contribution in [2.75, 3.05) is 26.4 Å². The highest BCUT2D eigenvalue weighted by molar-refractivity contribution is 7.47. The Morgan fingerprint density at radius 1 is 0.729 bits per heavy atom. The molecule has 0 heterocycles. The van der Waals surface area contributed by atoms with E-state index in [0.717, 1.165) is 50.9 Å². The minimum Gasteiger partial charge on any atom is -0.462 e. The van der Waals surface area contributed by atoms with Crippen LogP contribution < -0.4 is 0 Å². The third-order valence-electron chi connectivity index (χ3n) is 10.2. The Kier molecular flexibility index (Phi) is 30.2. The molecule has 1 saturated carbocycles. The van der Waals surface area contributed by atoms with Crippen molar-refractivity contribution in [3.8, 4) is 0 Å². The van der Waals surface area contributed by atoms with Crippen molar-refractivity contribution in [1.29, 1.82) is 0 Å². The number of ketones is 1. The van der Waals surface area contributed by atoms with Crippen LogP contribution in [0.2, 0.25) is 0 Å². The third kappa shape index (κ3) is 30.2. The number of phosphoric ester groups is 2. The molecular formula is C41H76O16P2. The summed E-state index contributed by atoms with van der Waals surface area (Å²) in [5.41, 5.74) is 0. The molecule has 6 N–H and O–H groups in total. The molecule has 1 unspecified atom stereocenters. The summed E-state index contributed by atoms with van der Waals surface area (Å²) in [5, 5.41) is 30.5. The first kappa shape index (κ1) is 55.5. The number of aliphatic hydroxyl groups excluding tert-OH is 3. The lowest BCUT2D eigenvalue weighted by Crippen LogP contribution is -2.30. The molecule has 0 saturated heterocycles. The Bertz CT molecular complexity index is 1270. The van der Waals surface area contributed by atoms with Crippen LogP contribution in [0.4, 0.5) is 0 Å². The van der Waals surface area contributed by atoms with Crippen LogP contribution in [0.25, 0.3) is 0 Å². The molecule has 0 aromatic rings. The zero-order valence-electron chi connectivity index (χ0n) is 35.7. The van der Waals surface area contributed by atoms with Crippen LogP contribution in [-0.2, 0) is 46.6 Å². The van der Waals surface area contributed by atoms with E-state index in [1.807, 2.05) is 0 Å². The molecule has 0 aromatic carbocycles. The lowest BCUT2D eigenvalue weighted by molar-refractivity contribution is -0.161. The Hall–Kier alpha value is -1.55. The molecule has 0 aliphatic heterocycles. The quantitative estimate of drug-likeness (QED) is 0.0154. The van der Waals surface area contributed by atoms with Gasteiger partial charge in [-0.1, -0.05) is 129 Å². The molecule has 59 heavy (non-hydrogen) atoms. The van der Waals surface area contributed by atoms with Crippen molar-refractivity contribution in [3.05, 3.63) is 12.2 Å². The molecule has 0 amide bonds. The molecule has 16 nitrogen and oxygen atoms in total. The topological polar surface area (TPSA) is 253 Å². The number of Topliss-reactive ketones (excluding diaryl/α,β-unsaturated/α-hetero) is 1. The number of hydrogen-bond acceptors (Lipinski definition) is 13. The zero-order valence-corrected chi connectivity index (χ0v) is 37.5. The van der Waals surface area contributed by atoms with Crippen LogP contribution in [0.15, 0.2) is 12.2 Å². The molecular weight excluding hydrogens is 810 g/mol. The number of carbonyl (C=O) groups excluding carboxylic acids is 3. The molecule has 1 aliphatic carbocycles. The predicted molar refractivity (Wildman–Crippen MR) is 222 cm³/mol. The first-order valence-corrected chi connectivity index (χ1v) is 24.9. The molecule has 1 aliphatic rings. The number of esters is 2. The molecule has 0 spiro atoms. The highest BCUT2D eigenvalue weighted by Crippen LogP contribution is 2.44. The van der Waals surface area contributed by atoms with Crippen molar-refractivity contribution in [3.63, 3.8) is 0 Å². The van der Waals surface area contributed by atoms with E-state index in [-0.39, 0.29) is 36.9 Å². The number of aliphatic hydroxyl groups is 3. The van der Waals surface area contributed by atoms with E-state index in [9.17, 15) is 43.7 Å². The van der Waals surface area contributed by atoms with Crippen molar-refractivity contribution < 1.29 is 76.6 Å². The summed E-state index contributed by atoms with van der Waals surface area (Å²) in [6.45, 7) is 3.65. The van der Waals surface area contributed by atoms with Crippen LogP contribution in [0, 0.1) is 17.8 Å². The Morgan fingerprint density at radius 2 is 1.27 bits per heavy atom. The number of rotatable bonds is 37. The van der Waals surface area contributed by atoms with Crippen molar-refractivity contribution in [2.45, 2.75) is 186 Å². The molecule has 0 aromatic heterocycles. The van der Waals surface area contributed by atoms with Gasteiger partial charge in [0.15, 0.2) is 6.10 Å². The SMILES string of the molecule is CCCCC[C@H](O)/C=C/[C@H]1[C@H](O)CC(=O)[C@@H]1CCCCCCC(=O)O[C@H](COC(=O)CCCCCCCCCCCC(C)C)COP(=O)(O)OC[C@@H](O)COP(=O)(O)O. The van der Waals surface area contributed by atoms with Gasteiger partial charge in [0.25, 0.3) is 0 Å². The Labute approximate surface area is 352 Å². The molecule has 0 radical (unpaired) electrons. The summed E-state index contributed by atoms with van der Waals surface area (Å²) < 4.78 is 47.7. The second kappa shape index (κ2) is 32.2. The summed E-state index contributed by atoms with van der Waals surface area (Å²) in [7, 11) is -9.76. The van der Waals surface area contributed by atoms with E-state index in [0.29, 0.717) is 44.9 Å². The van der Waals surface area contributed by atoms with Gasteiger partial charge in [0.1, 0.15) is 18.5 Å². The van der Waals surface area contributed by atoms with Crippen LogP contribution in [0.3, 0.4) is 0 Å². The maximum Gasteiger partial charge on any atom is 0.472 e. The number of hydrogen-bond donors (Lipinski definition) is 6. The summed E-state index contributed by atoms with van der Waals surface area (Å²) in [4.78, 5) is 65.5. The normalized spacial score (nSPS) is 19.9. The highest BCUT2D eigenvalue weighted by Gasteiger charge is 2.39. The second-order valence-corrected chi connectivity index (χ2v) is 18.9. The van der Waals surface area contributed by atoms with Crippen LogP contribution in [-0.4, -0.2) is 98.6 Å². The Morgan fingerprint density at radius 3 is 1.88 bits per heavy atom. The first-order chi connectivity index (χ1) is 27.9. The Balaban J connectivity index is 2.56. The largest absolute Gasteiger partial charge is 0.472 e. The standard InChI is InChI=1S/C41H76O16P2/c1-4-5-15-21-33(42)25-26-37-36(38(44)27-39(37)45)22-17-13-14-19-24-41(47)57-35(31-56-59(51,52)55-29-34(43)28-54-58(48,49)50)30-53-40(46)23-18-12-10-8-6-7-9-11-16-20-32(2)3/h25-26,32-37,39,42-43,45H,4-24,27-31H2,1-3H3,(H,51,52)(H2,48,49,50)/b26-25+/t33-,34-,35+,36+,37+,39+/m0/s1. The van der Waals surface area contributed by atoms with Crippen LogP contribution >= 0.6 is 15.6 Å². The van der Waals surface area contributed by atoms with Gasteiger partial charge in [0, 0.05) is 31.1 Å². The van der Waals surface area contributed by atoms with E-state index in [1.165, 1.54) is 32.1 Å². The second-order valence-electron chi connectivity index (χ2n) is 16.2. The van der Waals surface area contributed by atoms with Gasteiger partial charge in [0.05, 0.1) is 32.0 Å². The summed E-state index contributed by atoms with van der Waals surface area (Å²) >= 11 is 0. The van der Waals surface area contributed by atoms with E-state index >= 15 is 0 Å². The number of phosphoric acid groups is 2. The number of ether oxygens (including phenoxy) is 2. The van der Waals surface area contributed by atoms with Gasteiger partial charge >= 0.3 is 27.6 Å². The summed E-state index contributed by atoms with van der Waals surface area (Å²) in [6.07, 6.45) is 17.0. The smallest absolute Gasteiger partial charge is 0.462 e. The van der Waals surface area contributed by atoms with Gasteiger partial charge in [-0.2, -0.15) is 0 Å². The van der Waals surface area contributed by atoms with Gasteiger partial charge in [-0.15, -0.1) is 0 Å². The van der Waals surface area contributed by atoms with E-state index in [2.05, 4.69) is 29.8 Å². The molecule has 18 heteroatoms. The van der Waals surface area contributed by atoms with E-state index < -0.39 is 78.4 Å². The minimum absolute atomic E-state index is 0.00153. The lowest BCUT2D eigenvalue weighted by Gasteiger charge is -2.20.